The molecule has 2 aliphatic rings. The second-order valence-electron chi connectivity index (χ2n) is 8.54. The molecule has 0 bridgehead atoms. The molecule has 11 heteroatoms. The first-order chi connectivity index (χ1) is 15.8. The highest BCUT2D eigenvalue weighted by Crippen LogP contribution is 2.29. The number of hydrogen-bond acceptors (Lipinski definition) is 7. The van der Waals surface area contributed by atoms with Crippen LogP contribution < -0.4 is 21.1 Å². The number of urea groups is 1. The van der Waals surface area contributed by atoms with Crippen molar-refractivity contribution in [2.75, 3.05) is 79.4 Å². The van der Waals surface area contributed by atoms with Gasteiger partial charge in [0.1, 0.15) is 5.75 Å². The van der Waals surface area contributed by atoms with Gasteiger partial charge in [0.25, 0.3) is 5.91 Å². The van der Waals surface area contributed by atoms with Crippen molar-refractivity contribution in [2.45, 2.75) is 18.6 Å². The lowest BCUT2D eigenvalue weighted by atomic mass is 10.0. The summed E-state index contributed by atoms with van der Waals surface area (Å²) >= 11 is 6.10. The molecule has 0 unspecified atom stereocenters. The van der Waals surface area contributed by atoms with Crippen LogP contribution in [0.25, 0.3) is 0 Å². The number of carbonyl (C=O) groups excluding carboxylic acids is 2. The summed E-state index contributed by atoms with van der Waals surface area (Å²) in [5, 5.41) is 6.37. The minimum absolute atomic E-state index is 0.00959. The van der Waals surface area contributed by atoms with E-state index in [9.17, 15) is 9.59 Å². The van der Waals surface area contributed by atoms with Gasteiger partial charge >= 0.3 is 6.03 Å². The third kappa shape index (κ3) is 6.63. The Bertz CT molecular complexity index is 833. The van der Waals surface area contributed by atoms with Crippen LogP contribution in [0, 0.1) is 0 Å². The summed E-state index contributed by atoms with van der Waals surface area (Å²) < 4.78 is 11.0. The van der Waals surface area contributed by atoms with Crippen LogP contribution in [0.5, 0.6) is 5.75 Å². The molecule has 2 aliphatic heterocycles. The van der Waals surface area contributed by atoms with Crippen LogP contribution in [0.4, 0.5) is 10.5 Å². The van der Waals surface area contributed by atoms with Gasteiger partial charge in [0.05, 0.1) is 35.5 Å². The number of nitrogens with two attached hydrogens (primary N) is 1. The number of likely N-dealkylation sites (tertiary alicyclic amines) is 1. The zero-order chi connectivity index (χ0) is 24.0. The standard InChI is InChI=1S/C22H35ClN6O4/c1-27-8-10-29(11-9-27)22(31)25-5-7-28-6-4-18(20(14-28)33-3)26-21(30)15-12-16(23)17(24)13-19(15)32-2/h12-13,18,20H,4-11,14,24H2,1-3H3,(H,25,31)(H,26,30)/t18-,20+/m1/s1. The van der Waals surface area contributed by atoms with E-state index < -0.39 is 0 Å². The summed E-state index contributed by atoms with van der Waals surface area (Å²) in [6, 6.07) is 2.90. The molecule has 3 rings (SSSR count). The molecule has 2 saturated heterocycles. The van der Waals surface area contributed by atoms with E-state index in [2.05, 4.69) is 27.5 Å². The number of piperidine rings is 1. The molecular formula is C22H35ClN6O4. The summed E-state index contributed by atoms with van der Waals surface area (Å²) in [6.45, 7) is 6.04. The van der Waals surface area contributed by atoms with Gasteiger partial charge in [-0.2, -0.15) is 0 Å². The largest absolute Gasteiger partial charge is 0.496 e. The maximum Gasteiger partial charge on any atom is 0.317 e. The number of carbonyl (C=O) groups is 2. The van der Waals surface area contributed by atoms with Crippen LogP contribution in [0.2, 0.25) is 5.02 Å². The molecule has 1 aromatic carbocycles. The van der Waals surface area contributed by atoms with E-state index in [4.69, 9.17) is 26.8 Å². The number of anilines is 1. The van der Waals surface area contributed by atoms with E-state index in [1.807, 2.05) is 4.90 Å². The van der Waals surface area contributed by atoms with Gasteiger partial charge in [-0.25, -0.2) is 4.79 Å². The van der Waals surface area contributed by atoms with E-state index in [0.29, 0.717) is 35.1 Å². The van der Waals surface area contributed by atoms with Gasteiger partial charge in [-0.15, -0.1) is 0 Å². The quantitative estimate of drug-likeness (QED) is 0.490. The second kappa shape index (κ2) is 11.7. The van der Waals surface area contributed by atoms with Crippen LogP contribution in [0.1, 0.15) is 16.8 Å². The summed E-state index contributed by atoms with van der Waals surface area (Å²) in [4.78, 5) is 31.6. The second-order valence-corrected chi connectivity index (χ2v) is 8.95. The number of piperazine rings is 1. The molecule has 10 nitrogen and oxygen atoms in total. The van der Waals surface area contributed by atoms with Crippen molar-refractivity contribution >= 4 is 29.2 Å². The Balaban J connectivity index is 1.48. The van der Waals surface area contributed by atoms with E-state index in [0.717, 1.165) is 45.7 Å². The van der Waals surface area contributed by atoms with Gasteiger partial charge in [-0.1, -0.05) is 11.6 Å². The molecule has 0 radical (unpaired) electrons. The highest BCUT2D eigenvalue weighted by molar-refractivity contribution is 6.33. The zero-order valence-electron chi connectivity index (χ0n) is 19.6. The minimum atomic E-state index is -0.284. The van der Waals surface area contributed by atoms with Gasteiger partial charge in [0.15, 0.2) is 0 Å². The van der Waals surface area contributed by atoms with Gasteiger partial charge in [0, 0.05) is 65.5 Å². The number of ether oxygens (including phenoxy) is 2. The van der Waals surface area contributed by atoms with Crippen molar-refractivity contribution in [2.24, 2.45) is 0 Å². The molecule has 4 N–H and O–H groups in total. The zero-order valence-corrected chi connectivity index (χ0v) is 20.4. The Hall–Kier alpha value is -2.27. The Labute approximate surface area is 200 Å². The highest BCUT2D eigenvalue weighted by Gasteiger charge is 2.31. The fourth-order valence-corrected chi connectivity index (χ4v) is 4.36. The first-order valence-electron chi connectivity index (χ1n) is 11.2. The fraction of sp³-hybridized carbons (Fsp3) is 0.636. The molecule has 0 spiro atoms. The number of nitrogens with zero attached hydrogens (tertiary/aromatic N) is 3. The van der Waals surface area contributed by atoms with Crippen molar-refractivity contribution in [1.29, 1.82) is 0 Å². The maximum absolute atomic E-state index is 12.9. The first-order valence-corrected chi connectivity index (χ1v) is 11.6. The summed E-state index contributed by atoms with van der Waals surface area (Å²) in [5.41, 5.74) is 6.50. The lowest BCUT2D eigenvalue weighted by molar-refractivity contribution is 0.00686. The van der Waals surface area contributed by atoms with Gasteiger partial charge < -0.3 is 35.6 Å². The number of amides is 3. The van der Waals surface area contributed by atoms with Crippen LogP contribution in [0.3, 0.4) is 0 Å². The van der Waals surface area contributed by atoms with E-state index in [-0.39, 0.29) is 24.1 Å². The third-order valence-corrected chi connectivity index (χ3v) is 6.65. The smallest absolute Gasteiger partial charge is 0.317 e. The number of hydrogen-bond donors (Lipinski definition) is 3. The number of likely N-dealkylation sites (N-methyl/N-ethyl adjacent to an activating group) is 1. The van der Waals surface area contributed by atoms with Crippen LogP contribution in [-0.4, -0.2) is 112 Å². The normalized spacial score (nSPS) is 22.1. The molecule has 2 heterocycles. The van der Waals surface area contributed by atoms with Crippen molar-refractivity contribution < 1.29 is 19.1 Å². The number of nitrogen functional groups attached to an aromatic ring is 1. The van der Waals surface area contributed by atoms with Crippen molar-refractivity contribution in [1.82, 2.24) is 25.3 Å². The Morgan fingerprint density at radius 2 is 1.91 bits per heavy atom. The number of rotatable bonds is 7. The van der Waals surface area contributed by atoms with Gasteiger partial charge in [-0.3, -0.25) is 9.69 Å². The van der Waals surface area contributed by atoms with Crippen molar-refractivity contribution in [3.05, 3.63) is 22.7 Å². The highest BCUT2D eigenvalue weighted by atomic mass is 35.5. The van der Waals surface area contributed by atoms with Crippen LogP contribution in [0.15, 0.2) is 12.1 Å². The van der Waals surface area contributed by atoms with E-state index in [1.165, 1.54) is 13.2 Å². The molecule has 2 fully saturated rings. The molecule has 2 atom stereocenters. The monoisotopic (exact) mass is 482 g/mol. The predicted molar refractivity (Wildman–Crippen MR) is 128 cm³/mol. The maximum atomic E-state index is 12.9. The predicted octanol–water partition coefficient (Wildman–Crippen LogP) is 0.707. The van der Waals surface area contributed by atoms with Crippen LogP contribution >= 0.6 is 11.6 Å². The molecule has 0 aliphatic carbocycles. The lowest BCUT2D eigenvalue weighted by Gasteiger charge is -2.38. The summed E-state index contributed by atoms with van der Waals surface area (Å²) in [5.74, 6) is 0.0885. The average molecular weight is 483 g/mol. The van der Waals surface area contributed by atoms with E-state index >= 15 is 0 Å². The number of nitrogens with one attached hydrogen (secondary N) is 2. The first kappa shape index (κ1) is 25.4. The number of halogens is 1. The van der Waals surface area contributed by atoms with Gasteiger partial charge in [0.2, 0.25) is 0 Å². The third-order valence-electron chi connectivity index (χ3n) is 6.32. The van der Waals surface area contributed by atoms with Crippen LogP contribution in [-0.2, 0) is 4.74 Å². The van der Waals surface area contributed by atoms with Crippen molar-refractivity contribution in [3.8, 4) is 5.75 Å². The molecular weight excluding hydrogens is 448 g/mol. The molecule has 184 valence electrons. The fourth-order valence-electron chi connectivity index (χ4n) is 4.19. The summed E-state index contributed by atoms with van der Waals surface area (Å²) in [6.07, 6.45) is 0.549. The SMILES string of the molecule is COc1cc(N)c(Cl)cc1C(=O)N[C@@H]1CCN(CCNC(=O)N2CCN(C)CC2)C[C@@H]1OC. The Morgan fingerprint density at radius 3 is 2.58 bits per heavy atom. The Morgan fingerprint density at radius 1 is 1.18 bits per heavy atom. The Kier molecular flexibility index (Phi) is 9.02. The number of benzene rings is 1. The van der Waals surface area contributed by atoms with E-state index in [1.54, 1.807) is 13.2 Å². The molecule has 1 aromatic rings. The topological polar surface area (TPSA) is 112 Å². The lowest BCUT2D eigenvalue weighted by Crippen LogP contribution is -2.56. The average Bonchev–Trinajstić information content (AvgIpc) is 2.81. The molecule has 33 heavy (non-hydrogen) atoms. The minimum Gasteiger partial charge on any atom is -0.496 e. The molecule has 3 amide bonds. The van der Waals surface area contributed by atoms with Crippen molar-refractivity contribution in [3.63, 3.8) is 0 Å². The molecule has 0 saturated carbocycles. The van der Waals surface area contributed by atoms with Gasteiger partial charge in [-0.05, 0) is 19.5 Å². The molecule has 0 aromatic heterocycles. The number of methoxy groups -OCH3 is 2. The summed E-state index contributed by atoms with van der Waals surface area (Å²) in [7, 11) is 5.19.